The summed E-state index contributed by atoms with van der Waals surface area (Å²) in [6.45, 7) is 2.99. The summed E-state index contributed by atoms with van der Waals surface area (Å²) in [5.74, 6) is 1.40. The molecular weight excluding hydrogens is 268 g/mol. The van der Waals surface area contributed by atoms with Gasteiger partial charge in [0, 0.05) is 26.3 Å². The van der Waals surface area contributed by atoms with Crippen molar-refractivity contribution >= 4 is 6.03 Å². The first-order valence-corrected chi connectivity index (χ1v) is 7.50. The summed E-state index contributed by atoms with van der Waals surface area (Å²) in [7, 11) is 1.65. The predicted octanol–water partition coefficient (Wildman–Crippen LogP) is 1.96. The molecule has 1 heterocycles. The summed E-state index contributed by atoms with van der Waals surface area (Å²) in [6, 6.07) is 7.80. The average molecular weight is 292 g/mol. The van der Waals surface area contributed by atoms with Crippen LogP contribution in [0.1, 0.15) is 18.4 Å². The van der Waals surface area contributed by atoms with Crippen molar-refractivity contribution in [1.82, 2.24) is 10.6 Å². The second kappa shape index (κ2) is 8.52. The molecule has 21 heavy (non-hydrogen) atoms. The third-order valence-electron chi connectivity index (χ3n) is 3.75. The van der Waals surface area contributed by atoms with E-state index in [2.05, 4.69) is 10.6 Å². The molecule has 0 bridgehead atoms. The highest BCUT2D eigenvalue weighted by atomic mass is 16.5. The first-order chi connectivity index (χ1) is 10.3. The van der Waals surface area contributed by atoms with Gasteiger partial charge in [0.2, 0.25) is 0 Å². The van der Waals surface area contributed by atoms with Crippen LogP contribution in [0.4, 0.5) is 4.79 Å². The van der Waals surface area contributed by atoms with Gasteiger partial charge in [-0.1, -0.05) is 12.1 Å². The zero-order valence-corrected chi connectivity index (χ0v) is 12.6. The lowest BCUT2D eigenvalue weighted by Gasteiger charge is -2.22. The van der Waals surface area contributed by atoms with Crippen LogP contribution < -0.4 is 15.4 Å². The molecule has 1 aromatic rings. The number of hydrogen-bond donors (Lipinski definition) is 2. The van der Waals surface area contributed by atoms with Crippen LogP contribution >= 0.6 is 0 Å². The van der Waals surface area contributed by atoms with Gasteiger partial charge in [-0.15, -0.1) is 0 Å². The lowest BCUT2D eigenvalue weighted by molar-refractivity contribution is 0.0669. The molecule has 5 nitrogen and oxygen atoms in total. The second-order valence-electron chi connectivity index (χ2n) is 5.29. The van der Waals surface area contributed by atoms with Crippen molar-refractivity contribution in [3.63, 3.8) is 0 Å². The molecule has 5 heteroatoms. The highest BCUT2D eigenvalue weighted by Crippen LogP contribution is 2.13. The highest BCUT2D eigenvalue weighted by molar-refractivity contribution is 5.73. The van der Waals surface area contributed by atoms with E-state index in [9.17, 15) is 4.79 Å². The fraction of sp³-hybridized carbons (Fsp3) is 0.562. The number of hydrogen-bond acceptors (Lipinski definition) is 3. The van der Waals surface area contributed by atoms with E-state index in [-0.39, 0.29) is 6.03 Å². The van der Waals surface area contributed by atoms with Crippen LogP contribution in [0.3, 0.4) is 0 Å². The Morgan fingerprint density at radius 1 is 1.24 bits per heavy atom. The zero-order chi connectivity index (χ0) is 14.9. The van der Waals surface area contributed by atoms with Crippen molar-refractivity contribution < 1.29 is 14.3 Å². The third-order valence-corrected chi connectivity index (χ3v) is 3.75. The van der Waals surface area contributed by atoms with Gasteiger partial charge in [0.15, 0.2) is 0 Å². The van der Waals surface area contributed by atoms with Gasteiger partial charge >= 0.3 is 6.03 Å². The van der Waals surface area contributed by atoms with Crippen LogP contribution in [-0.4, -0.2) is 39.4 Å². The zero-order valence-electron chi connectivity index (χ0n) is 12.6. The Labute approximate surface area is 126 Å². The number of methoxy groups -OCH3 is 1. The van der Waals surface area contributed by atoms with Crippen molar-refractivity contribution in [3.8, 4) is 5.75 Å². The summed E-state index contributed by atoms with van der Waals surface area (Å²) in [4.78, 5) is 11.7. The molecule has 1 saturated heterocycles. The standard InChI is InChI=1S/C16H24N2O3/c1-20-15-4-2-13(3-5-15)6-9-17-16(19)18-12-14-7-10-21-11-8-14/h2-5,14H,6-12H2,1H3,(H2,17,18,19). The van der Waals surface area contributed by atoms with Gasteiger partial charge in [-0.2, -0.15) is 0 Å². The number of carbonyl (C=O) groups excluding carboxylic acids is 1. The normalized spacial score (nSPS) is 15.5. The van der Waals surface area contributed by atoms with E-state index in [0.29, 0.717) is 12.5 Å². The molecule has 116 valence electrons. The number of rotatable bonds is 6. The minimum atomic E-state index is -0.0880. The average Bonchev–Trinajstić information content (AvgIpc) is 2.54. The Morgan fingerprint density at radius 2 is 1.95 bits per heavy atom. The summed E-state index contributed by atoms with van der Waals surface area (Å²) in [6.07, 6.45) is 2.88. The molecule has 0 radical (unpaired) electrons. The molecule has 1 aliphatic heterocycles. The Bertz CT molecular complexity index is 428. The smallest absolute Gasteiger partial charge is 0.314 e. The van der Waals surface area contributed by atoms with Crippen LogP contribution in [0.25, 0.3) is 0 Å². The minimum absolute atomic E-state index is 0.0880. The predicted molar refractivity (Wildman–Crippen MR) is 81.6 cm³/mol. The molecule has 2 N–H and O–H groups in total. The van der Waals surface area contributed by atoms with E-state index in [1.54, 1.807) is 7.11 Å². The maximum Gasteiger partial charge on any atom is 0.314 e. The Kier molecular flexibility index (Phi) is 6.34. The lowest BCUT2D eigenvalue weighted by atomic mass is 10.0. The molecule has 0 aromatic heterocycles. The van der Waals surface area contributed by atoms with E-state index in [1.165, 1.54) is 5.56 Å². The van der Waals surface area contributed by atoms with Gasteiger partial charge in [-0.05, 0) is 42.9 Å². The number of nitrogens with one attached hydrogen (secondary N) is 2. The Morgan fingerprint density at radius 3 is 2.62 bits per heavy atom. The van der Waals surface area contributed by atoms with Gasteiger partial charge in [-0.3, -0.25) is 0 Å². The third kappa shape index (κ3) is 5.63. The van der Waals surface area contributed by atoms with Crippen LogP contribution in [0.15, 0.2) is 24.3 Å². The number of amides is 2. The molecule has 2 amide bonds. The van der Waals surface area contributed by atoms with E-state index >= 15 is 0 Å². The molecule has 0 aliphatic carbocycles. The summed E-state index contributed by atoms with van der Waals surface area (Å²) in [5.41, 5.74) is 1.18. The lowest BCUT2D eigenvalue weighted by Crippen LogP contribution is -2.40. The SMILES string of the molecule is COc1ccc(CCNC(=O)NCC2CCOCC2)cc1. The topological polar surface area (TPSA) is 59.6 Å². The molecule has 0 unspecified atom stereocenters. The van der Waals surface area contributed by atoms with E-state index < -0.39 is 0 Å². The fourth-order valence-corrected chi connectivity index (χ4v) is 2.36. The quantitative estimate of drug-likeness (QED) is 0.842. The largest absolute Gasteiger partial charge is 0.497 e. The highest BCUT2D eigenvalue weighted by Gasteiger charge is 2.14. The molecule has 2 rings (SSSR count). The Hall–Kier alpha value is -1.75. The minimum Gasteiger partial charge on any atom is -0.497 e. The van der Waals surface area contributed by atoms with Gasteiger partial charge in [0.05, 0.1) is 7.11 Å². The van der Waals surface area contributed by atoms with Crippen LogP contribution in [0.2, 0.25) is 0 Å². The molecule has 0 spiro atoms. The van der Waals surface area contributed by atoms with Gasteiger partial charge in [0.25, 0.3) is 0 Å². The second-order valence-corrected chi connectivity index (χ2v) is 5.29. The van der Waals surface area contributed by atoms with Crippen molar-refractivity contribution in [3.05, 3.63) is 29.8 Å². The summed E-state index contributed by atoms with van der Waals surface area (Å²) in [5, 5.41) is 5.82. The van der Waals surface area contributed by atoms with Crippen molar-refractivity contribution in [2.75, 3.05) is 33.4 Å². The van der Waals surface area contributed by atoms with Crippen LogP contribution in [-0.2, 0) is 11.2 Å². The number of carbonyl (C=O) groups is 1. The first kappa shape index (κ1) is 15.6. The first-order valence-electron chi connectivity index (χ1n) is 7.50. The molecule has 1 aromatic carbocycles. The van der Waals surface area contributed by atoms with Crippen molar-refractivity contribution in [2.45, 2.75) is 19.3 Å². The van der Waals surface area contributed by atoms with E-state index in [0.717, 1.165) is 44.8 Å². The maximum atomic E-state index is 11.7. The van der Waals surface area contributed by atoms with Gasteiger partial charge in [-0.25, -0.2) is 4.79 Å². The molecular formula is C16H24N2O3. The van der Waals surface area contributed by atoms with Crippen LogP contribution in [0, 0.1) is 5.92 Å². The van der Waals surface area contributed by atoms with Crippen molar-refractivity contribution in [2.24, 2.45) is 5.92 Å². The number of ether oxygens (including phenoxy) is 2. The molecule has 0 saturated carbocycles. The van der Waals surface area contributed by atoms with Crippen molar-refractivity contribution in [1.29, 1.82) is 0 Å². The number of urea groups is 1. The van der Waals surface area contributed by atoms with E-state index in [4.69, 9.17) is 9.47 Å². The van der Waals surface area contributed by atoms with Crippen LogP contribution in [0.5, 0.6) is 5.75 Å². The molecule has 1 fully saturated rings. The van der Waals surface area contributed by atoms with E-state index in [1.807, 2.05) is 24.3 Å². The summed E-state index contributed by atoms with van der Waals surface area (Å²) >= 11 is 0. The fourth-order valence-electron chi connectivity index (χ4n) is 2.36. The summed E-state index contributed by atoms with van der Waals surface area (Å²) < 4.78 is 10.4. The van der Waals surface area contributed by atoms with Gasteiger partial charge in [0.1, 0.15) is 5.75 Å². The monoisotopic (exact) mass is 292 g/mol. The maximum absolute atomic E-state index is 11.7. The molecule has 0 atom stereocenters. The number of benzene rings is 1. The van der Waals surface area contributed by atoms with Gasteiger partial charge < -0.3 is 20.1 Å². The molecule has 1 aliphatic rings. The Balaban J connectivity index is 1.59.